The van der Waals surface area contributed by atoms with Gasteiger partial charge in [0, 0.05) is 21.2 Å². The Bertz CT molecular complexity index is 1280. The first-order valence-electron chi connectivity index (χ1n) is 10.1. The van der Waals surface area contributed by atoms with Crippen molar-refractivity contribution in [2.24, 2.45) is 11.1 Å². The topological polar surface area (TPSA) is 98.0 Å². The number of thiophene rings is 1. The van der Waals surface area contributed by atoms with Crippen LogP contribution in [0.1, 0.15) is 40.6 Å². The molecule has 0 unspecified atom stereocenters. The lowest BCUT2D eigenvalue weighted by Crippen LogP contribution is -2.36. The van der Waals surface area contributed by atoms with E-state index >= 15 is 0 Å². The number of carbonyl (C=O) groups is 2. The molecule has 0 fully saturated rings. The first-order chi connectivity index (χ1) is 15.8. The fourth-order valence-electron chi connectivity index (χ4n) is 3.70. The van der Waals surface area contributed by atoms with Crippen LogP contribution in [-0.2, 0) is 4.79 Å². The number of anilines is 1. The minimum Gasteiger partial charge on any atom is -0.366 e. The summed E-state index contributed by atoms with van der Waals surface area (Å²) >= 11 is 2.75. The largest absolute Gasteiger partial charge is 0.366 e. The molecule has 0 bridgehead atoms. The Morgan fingerprint density at radius 3 is 2.48 bits per heavy atom. The molecule has 4 rings (SSSR count). The van der Waals surface area contributed by atoms with Gasteiger partial charge in [-0.15, -0.1) is 21.5 Å². The third kappa shape index (κ3) is 4.84. The van der Waals surface area contributed by atoms with E-state index in [-0.39, 0.29) is 11.7 Å². The van der Waals surface area contributed by atoms with Gasteiger partial charge in [-0.1, -0.05) is 49.4 Å². The average Bonchev–Trinajstić information content (AvgIpc) is 3.46. The summed E-state index contributed by atoms with van der Waals surface area (Å²) in [6.45, 7) is 3.67. The molecule has 168 valence electrons. The number of aromatic nitrogens is 2. The number of primary amides is 1. The molecule has 6 nitrogen and oxygen atoms in total. The van der Waals surface area contributed by atoms with Gasteiger partial charge in [0.1, 0.15) is 11.3 Å². The first-order valence-corrected chi connectivity index (χ1v) is 11.8. The maximum atomic E-state index is 14.2. The number of halogens is 1. The van der Waals surface area contributed by atoms with Crippen LogP contribution >= 0.6 is 22.7 Å². The van der Waals surface area contributed by atoms with Crippen molar-refractivity contribution < 1.29 is 14.0 Å². The number of nitrogens with two attached hydrogens (primary N) is 1. The maximum absolute atomic E-state index is 14.2. The van der Waals surface area contributed by atoms with Crippen LogP contribution in [0.5, 0.6) is 0 Å². The van der Waals surface area contributed by atoms with Gasteiger partial charge in [0.05, 0.1) is 5.41 Å². The lowest BCUT2D eigenvalue weighted by atomic mass is 9.73. The smallest absolute Gasteiger partial charge is 0.248 e. The van der Waals surface area contributed by atoms with Crippen LogP contribution in [0.2, 0.25) is 0 Å². The van der Waals surface area contributed by atoms with Gasteiger partial charge in [-0.05, 0) is 47.5 Å². The van der Waals surface area contributed by atoms with Gasteiger partial charge in [0.15, 0.2) is 0 Å². The van der Waals surface area contributed by atoms with E-state index < -0.39 is 17.2 Å². The molecule has 9 heteroatoms. The summed E-state index contributed by atoms with van der Waals surface area (Å²) in [6, 6.07) is 17.3. The Balaban J connectivity index is 1.73. The van der Waals surface area contributed by atoms with Crippen LogP contribution < -0.4 is 11.1 Å². The highest BCUT2D eigenvalue weighted by Gasteiger charge is 2.40. The zero-order valence-electron chi connectivity index (χ0n) is 17.9. The molecule has 33 heavy (non-hydrogen) atoms. The van der Waals surface area contributed by atoms with Crippen molar-refractivity contribution >= 4 is 39.6 Å². The second-order valence-electron chi connectivity index (χ2n) is 8.05. The highest BCUT2D eigenvalue weighted by molar-refractivity contribution is 7.15. The molecule has 0 spiro atoms. The summed E-state index contributed by atoms with van der Waals surface area (Å²) in [5, 5.41) is 10.9. The first kappa shape index (κ1) is 22.8. The van der Waals surface area contributed by atoms with Crippen LogP contribution in [-0.4, -0.2) is 22.0 Å². The van der Waals surface area contributed by atoms with Crippen LogP contribution in [0.15, 0.2) is 66.2 Å². The summed E-state index contributed by atoms with van der Waals surface area (Å²) in [5.41, 5.74) is 8.00. The Morgan fingerprint density at radius 2 is 1.85 bits per heavy atom. The molecule has 2 heterocycles. The predicted molar refractivity (Wildman–Crippen MR) is 129 cm³/mol. The third-order valence-corrected chi connectivity index (χ3v) is 7.24. The lowest BCUT2D eigenvalue weighted by Gasteiger charge is -2.32. The molecule has 2 aromatic carbocycles. The number of rotatable bonds is 7. The number of benzene rings is 2. The molecule has 0 aliphatic rings. The molecule has 0 saturated heterocycles. The van der Waals surface area contributed by atoms with Gasteiger partial charge >= 0.3 is 0 Å². The van der Waals surface area contributed by atoms with Crippen LogP contribution in [0.4, 0.5) is 9.52 Å². The Morgan fingerprint density at radius 1 is 1.09 bits per heavy atom. The van der Waals surface area contributed by atoms with E-state index in [0.717, 1.165) is 15.3 Å². The van der Waals surface area contributed by atoms with Crippen molar-refractivity contribution in [3.05, 3.63) is 88.0 Å². The molecule has 2 amide bonds. The number of hydrogen-bond acceptors (Lipinski definition) is 6. The van der Waals surface area contributed by atoms with Gasteiger partial charge in [-0.3, -0.25) is 9.59 Å². The molecule has 0 radical (unpaired) electrons. The van der Waals surface area contributed by atoms with Gasteiger partial charge in [-0.25, -0.2) is 4.39 Å². The minimum absolute atomic E-state index is 0.241. The van der Waals surface area contributed by atoms with E-state index in [9.17, 15) is 14.0 Å². The maximum Gasteiger partial charge on any atom is 0.248 e. The molecular weight excluding hydrogens is 459 g/mol. The number of amides is 2. The third-order valence-electron chi connectivity index (χ3n) is 5.43. The summed E-state index contributed by atoms with van der Waals surface area (Å²) < 4.78 is 14.2. The van der Waals surface area contributed by atoms with Crippen LogP contribution in [0, 0.1) is 11.2 Å². The summed E-state index contributed by atoms with van der Waals surface area (Å²) in [6.07, 6.45) is 0. The van der Waals surface area contributed by atoms with Gasteiger partial charge in [0.2, 0.25) is 16.9 Å². The SMILES string of the molecule is CC(C)(C(=O)Nc1nncs1)[C@@H](c1cccc(F)c1)c1ccc(-c2ccc(C(N)=O)cc2)s1. The van der Waals surface area contributed by atoms with E-state index in [0.29, 0.717) is 16.3 Å². The normalized spacial score (nSPS) is 12.3. The Hall–Kier alpha value is -3.43. The molecule has 3 N–H and O–H groups in total. The monoisotopic (exact) mass is 480 g/mol. The van der Waals surface area contributed by atoms with Gasteiger partial charge in [0.25, 0.3) is 0 Å². The molecule has 0 aliphatic carbocycles. The molecule has 0 aliphatic heterocycles. The fraction of sp³-hybridized carbons (Fsp3) is 0.167. The van der Waals surface area contributed by atoms with E-state index in [1.165, 1.54) is 34.8 Å². The highest BCUT2D eigenvalue weighted by Crippen LogP contribution is 2.46. The molecule has 2 aromatic heterocycles. The Kier molecular flexibility index (Phi) is 6.35. The number of hydrogen-bond donors (Lipinski definition) is 2. The number of nitrogens with zero attached hydrogens (tertiary/aromatic N) is 2. The second kappa shape index (κ2) is 9.21. The second-order valence-corrected chi connectivity index (χ2v) is 10.00. The summed E-state index contributed by atoms with van der Waals surface area (Å²) in [5.74, 6) is -1.50. The highest BCUT2D eigenvalue weighted by atomic mass is 32.1. The van der Waals surface area contributed by atoms with Crippen LogP contribution in [0.3, 0.4) is 0 Å². The Labute approximate surface area is 198 Å². The summed E-state index contributed by atoms with van der Waals surface area (Å²) in [4.78, 5) is 26.5. The van der Waals surface area contributed by atoms with Crippen molar-refractivity contribution in [3.8, 4) is 10.4 Å². The van der Waals surface area contributed by atoms with E-state index in [4.69, 9.17) is 5.73 Å². The molecule has 4 aromatic rings. The van der Waals surface area contributed by atoms with Crippen molar-refractivity contribution in [3.63, 3.8) is 0 Å². The fourth-order valence-corrected chi connectivity index (χ4v) is 5.47. The molecular formula is C24H21FN4O2S2. The predicted octanol–water partition coefficient (Wildman–Crippen LogP) is 5.30. The van der Waals surface area contributed by atoms with Crippen molar-refractivity contribution in [2.75, 3.05) is 5.32 Å². The molecule has 0 saturated carbocycles. The standard InChI is InChI=1S/C24H21FN4O2S2/c1-24(2,22(31)28-23-29-27-13-32-23)20(16-4-3-5-17(25)12-16)19-11-10-18(33-19)14-6-8-15(9-7-14)21(26)30/h3-13,20H,1-2H3,(H2,26,30)(H,28,29,31)/t20-/m0/s1. The van der Waals surface area contributed by atoms with Crippen LogP contribution in [0.25, 0.3) is 10.4 Å². The quantitative estimate of drug-likeness (QED) is 0.375. The summed E-state index contributed by atoms with van der Waals surface area (Å²) in [7, 11) is 0. The van der Waals surface area contributed by atoms with Crippen molar-refractivity contribution in [1.82, 2.24) is 10.2 Å². The number of carbonyl (C=O) groups excluding carboxylic acids is 2. The minimum atomic E-state index is -0.933. The van der Waals surface area contributed by atoms with Gasteiger partial charge < -0.3 is 11.1 Å². The molecule has 1 atom stereocenters. The van der Waals surface area contributed by atoms with E-state index in [1.54, 1.807) is 23.7 Å². The van der Waals surface area contributed by atoms with E-state index in [1.807, 2.05) is 44.2 Å². The lowest BCUT2D eigenvalue weighted by molar-refractivity contribution is -0.124. The zero-order chi connectivity index (χ0) is 23.6. The van der Waals surface area contributed by atoms with Gasteiger partial charge in [-0.2, -0.15) is 0 Å². The number of nitrogens with one attached hydrogen (secondary N) is 1. The van der Waals surface area contributed by atoms with Crippen molar-refractivity contribution in [2.45, 2.75) is 19.8 Å². The van der Waals surface area contributed by atoms with Crippen molar-refractivity contribution in [1.29, 1.82) is 0 Å². The average molecular weight is 481 g/mol. The van der Waals surface area contributed by atoms with E-state index in [2.05, 4.69) is 15.5 Å². The zero-order valence-corrected chi connectivity index (χ0v) is 19.5.